The quantitative estimate of drug-likeness (QED) is 0.622. The lowest BCUT2D eigenvalue weighted by molar-refractivity contribution is 0.529. The van der Waals surface area contributed by atoms with E-state index in [1.807, 2.05) is 18.2 Å². The van der Waals surface area contributed by atoms with E-state index in [1.165, 1.54) is 5.56 Å². The molecule has 1 aromatic carbocycles. The van der Waals surface area contributed by atoms with Crippen LogP contribution in [0.2, 0.25) is 0 Å². The molecule has 2 aromatic rings. The maximum Gasteiger partial charge on any atom is 0.326 e. The van der Waals surface area contributed by atoms with Crippen LogP contribution in [0.15, 0.2) is 23.0 Å². The minimum Gasteiger partial charge on any atom is -0.326 e. The zero-order chi connectivity index (χ0) is 9.71. The molecule has 0 amide bonds. The minimum atomic E-state index is -0.0531. The van der Waals surface area contributed by atoms with Crippen molar-refractivity contribution in [2.45, 2.75) is 19.0 Å². The smallest absolute Gasteiger partial charge is 0.326 e. The Bertz CT molecular complexity index is 552. The lowest BCUT2D eigenvalue weighted by Gasteiger charge is -2.19. The van der Waals surface area contributed by atoms with Crippen molar-refractivity contribution in [1.82, 2.24) is 9.55 Å². The van der Waals surface area contributed by atoms with Gasteiger partial charge in [0.25, 0.3) is 0 Å². The predicted molar refractivity (Wildman–Crippen MR) is 54.2 cm³/mol. The number of imidazole rings is 1. The second-order valence-corrected chi connectivity index (χ2v) is 3.82. The maximum atomic E-state index is 11.6. The van der Waals surface area contributed by atoms with Crippen LogP contribution in [0.3, 0.4) is 0 Å². The van der Waals surface area contributed by atoms with E-state index >= 15 is 0 Å². The lowest BCUT2D eigenvalue weighted by atomic mass is 10.0. The van der Waals surface area contributed by atoms with E-state index in [1.54, 1.807) is 4.57 Å². The summed E-state index contributed by atoms with van der Waals surface area (Å²) in [5, 5.41) is 0. The summed E-state index contributed by atoms with van der Waals surface area (Å²) in [5.41, 5.74) is 8.94. The van der Waals surface area contributed by atoms with Crippen LogP contribution in [-0.4, -0.2) is 15.6 Å². The summed E-state index contributed by atoms with van der Waals surface area (Å²) >= 11 is 0. The van der Waals surface area contributed by atoms with Crippen molar-refractivity contribution in [3.8, 4) is 0 Å². The molecule has 0 bridgehead atoms. The van der Waals surface area contributed by atoms with Gasteiger partial charge in [-0.3, -0.25) is 4.57 Å². The van der Waals surface area contributed by atoms with Crippen LogP contribution in [0.4, 0.5) is 0 Å². The first kappa shape index (κ1) is 7.82. The van der Waals surface area contributed by atoms with Gasteiger partial charge in [-0.2, -0.15) is 0 Å². The molecule has 4 nitrogen and oxygen atoms in total. The molecule has 4 heteroatoms. The highest BCUT2D eigenvalue weighted by Gasteiger charge is 2.19. The van der Waals surface area contributed by atoms with Crippen molar-refractivity contribution in [2.75, 3.05) is 0 Å². The van der Waals surface area contributed by atoms with Gasteiger partial charge < -0.3 is 10.7 Å². The number of hydrogen-bond acceptors (Lipinski definition) is 2. The average molecular weight is 189 g/mol. The molecule has 1 aliphatic rings. The number of hydrogen-bond donors (Lipinski definition) is 2. The molecule has 0 saturated heterocycles. The SMILES string of the molecule is NC1Cc2cccc3[nH]c(=O)n(c23)C1. The monoisotopic (exact) mass is 189 g/mol. The number of benzene rings is 1. The van der Waals surface area contributed by atoms with Crippen molar-refractivity contribution in [3.05, 3.63) is 34.2 Å². The standard InChI is InChI=1S/C10H11N3O/c11-7-4-6-2-1-3-8-9(6)13(5-7)10(14)12-8/h1-3,7H,4-5,11H2,(H,12,14). The first-order valence-electron chi connectivity index (χ1n) is 4.71. The summed E-state index contributed by atoms with van der Waals surface area (Å²) in [6.45, 7) is 0.621. The number of nitrogens with two attached hydrogens (primary N) is 1. The molecule has 0 saturated carbocycles. The predicted octanol–water partition coefficient (Wildman–Crippen LogP) is 0.213. The zero-order valence-corrected chi connectivity index (χ0v) is 7.66. The number of rotatable bonds is 0. The topological polar surface area (TPSA) is 63.8 Å². The number of aromatic nitrogens is 2. The molecular weight excluding hydrogens is 178 g/mol. The summed E-state index contributed by atoms with van der Waals surface area (Å²) in [7, 11) is 0. The van der Waals surface area contributed by atoms with Gasteiger partial charge in [0, 0.05) is 12.6 Å². The fourth-order valence-corrected chi connectivity index (χ4v) is 2.22. The Balaban J connectivity index is 2.47. The van der Waals surface area contributed by atoms with E-state index < -0.39 is 0 Å². The largest absolute Gasteiger partial charge is 0.326 e. The highest BCUT2D eigenvalue weighted by atomic mass is 16.1. The third-order valence-corrected chi connectivity index (χ3v) is 2.78. The third-order valence-electron chi connectivity index (χ3n) is 2.78. The molecule has 3 rings (SSSR count). The van der Waals surface area contributed by atoms with Crippen LogP contribution in [0.1, 0.15) is 5.56 Å². The van der Waals surface area contributed by atoms with Gasteiger partial charge in [0.1, 0.15) is 0 Å². The molecule has 2 heterocycles. The summed E-state index contributed by atoms with van der Waals surface area (Å²) in [6, 6.07) is 5.97. The van der Waals surface area contributed by atoms with Crippen molar-refractivity contribution in [2.24, 2.45) is 5.73 Å². The Labute approximate surface area is 80.3 Å². The van der Waals surface area contributed by atoms with Crippen LogP contribution < -0.4 is 11.4 Å². The molecule has 0 spiro atoms. The Morgan fingerprint density at radius 2 is 2.36 bits per heavy atom. The van der Waals surface area contributed by atoms with Crippen molar-refractivity contribution in [3.63, 3.8) is 0 Å². The highest BCUT2D eigenvalue weighted by Crippen LogP contribution is 2.21. The second kappa shape index (κ2) is 2.48. The summed E-state index contributed by atoms with van der Waals surface area (Å²) in [5.74, 6) is 0. The van der Waals surface area contributed by atoms with Gasteiger partial charge in [0.05, 0.1) is 11.0 Å². The zero-order valence-electron chi connectivity index (χ0n) is 7.66. The van der Waals surface area contributed by atoms with Crippen LogP contribution >= 0.6 is 0 Å². The Kier molecular flexibility index (Phi) is 1.39. The molecule has 3 N–H and O–H groups in total. The van der Waals surface area contributed by atoms with E-state index in [9.17, 15) is 4.79 Å². The van der Waals surface area contributed by atoms with Crippen LogP contribution in [0.5, 0.6) is 0 Å². The Morgan fingerprint density at radius 3 is 3.21 bits per heavy atom. The van der Waals surface area contributed by atoms with Crippen LogP contribution in [-0.2, 0) is 13.0 Å². The van der Waals surface area contributed by atoms with E-state index in [0.29, 0.717) is 6.54 Å². The first-order valence-corrected chi connectivity index (χ1v) is 4.71. The van der Waals surface area contributed by atoms with Gasteiger partial charge in [-0.15, -0.1) is 0 Å². The minimum absolute atomic E-state index is 0.0531. The summed E-state index contributed by atoms with van der Waals surface area (Å²) in [4.78, 5) is 14.4. The van der Waals surface area contributed by atoms with Crippen molar-refractivity contribution >= 4 is 11.0 Å². The highest BCUT2D eigenvalue weighted by molar-refractivity contribution is 5.79. The summed E-state index contributed by atoms with van der Waals surface area (Å²) < 4.78 is 1.73. The molecule has 1 atom stereocenters. The van der Waals surface area contributed by atoms with Gasteiger partial charge in [0.2, 0.25) is 0 Å². The van der Waals surface area contributed by atoms with Gasteiger partial charge >= 0.3 is 5.69 Å². The number of H-pyrrole nitrogens is 1. The van der Waals surface area contributed by atoms with Gasteiger partial charge in [-0.25, -0.2) is 4.79 Å². The third kappa shape index (κ3) is 0.886. The molecule has 72 valence electrons. The molecule has 0 aliphatic carbocycles. The molecule has 0 fully saturated rings. The fraction of sp³-hybridized carbons (Fsp3) is 0.300. The van der Waals surface area contributed by atoms with Crippen LogP contribution in [0, 0.1) is 0 Å². The van der Waals surface area contributed by atoms with E-state index in [0.717, 1.165) is 17.5 Å². The maximum absolute atomic E-state index is 11.6. The number of nitrogens with zero attached hydrogens (tertiary/aromatic N) is 1. The van der Waals surface area contributed by atoms with E-state index in [-0.39, 0.29) is 11.7 Å². The number of para-hydroxylation sites is 1. The normalized spacial score (nSPS) is 20.2. The molecular formula is C10H11N3O. The van der Waals surface area contributed by atoms with E-state index in [4.69, 9.17) is 5.73 Å². The average Bonchev–Trinajstić information content (AvgIpc) is 2.45. The molecule has 14 heavy (non-hydrogen) atoms. The van der Waals surface area contributed by atoms with E-state index in [2.05, 4.69) is 4.98 Å². The summed E-state index contributed by atoms with van der Waals surface area (Å²) in [6.07, 6.45) is 0.856. The van der Waals surface area contributed by atoms with Crippen LogP contribution in [0.25, 0.3) is 11.0 Å². The molecule has 1 aliphatic heterocycles. The van der Waals surface area contributed by atoms with Gasteiger partial charge in [0.15, 0.2) is 0 Å². The number of nitrogens with one attached hydrogen (secondary N) is 1. The first-order chi connectivity index (χ1) is 6.75. The lowest BCUT2D eigenvalue weighted by Crippen LogP contribution is -2.35. The van der Waals surface area contributed by atoms with Crippen molar-refractivity contribution in [1.29, 1.82) is 0 Å². The molecule has 1 unspecified atom stereocenters. The van der Waals surface area contributed by atoms with Gasteiger partial charge in [-0.05, 0) is 18.1 Å². The second-order valence-electron chi connectivity index (χ2n) is 3.82. The van der Waals surface area contributed by atoms with Gasteiger partial charge in [-0.1, -0.05) is 12.1 Å². The fourth-order valence-electron chi connectivity index (χ4n) is 2.22. The Hall–Kier alpha value is -1.55. The molecule has 1 aromatic heterocycles. The van der Waals surface area contributed by atoms with Crippen molar-refractivity contribution < 1.29 is 0 Å². The number of aromatic amines is 1. The molecule has 0 radical (unpaired) electrons. The Morgan fingerprint density at radius 1 is 1.50 bits per heavy atom.